The highest BCUT2D eigenvalue weighted by atomic mass is 16.7. The van der Waals surface area contributed by atoms with Gasteiger partial charge in [0.05, 0.1) is 57.4 Å². The van der Waals surface area contributed by atoms with Crippen molar-refractivity contribution in [2.24, 2.45) is 0 Å². The predicted molar refractivity (Wildman–Crippen MR) is 136 cm³/mol. The van der Waals surface area contributed by atoms with Crippen molar-refractivity contribution in [1.82, 2.24) is 36.0 Å². The summed E-state index contributed by atoms with van der Waals surface area (Å²) in [4.78, 5) is 19.9. The molecule has 0 aromatic rings. The molecule has 35 heavy (non-hydrogen) atoms. The smallest absolute Gasteiger partial charge is 0.238 e. The number of hydrogen-bond donors (Lipinski definition) is 4. The van der Waals surface area contributed by atoms with E-state index >= 15 is 0 Å². The van der Waals surface area contributed by atoms with Crippen LogP contribution in [-0.2, 0) is 9.63 Å². The first-order valence-electron chi connectivity index (χ1n) is 13.3. The van der Waals surface area contributed by atoms with Crippen LogP contribution in [0, 0.1) is 0 Å². The van der Waals surface area contributed by atoms with Crippen LogP contribution in [0.3, 0.4) is 0 Å². The van der Waals surface area contributed by atoms with Crippen LogP contribution in [0.5, 0.6) is 0 Å². The van der Waals surface area contributed by atoms with Gasteiger partial charge in [-0.15, -0.1) is 0 Å². The number of hydroxylamine groups is 2. The number of rotatable bonds is 15. The maximum Gasteiger partial charge on any atom is 0.238 e. The largest absolute Gasteiger partial charge is 0.395 e. The fraction of sp³-hybridized carbons (Fsp3) is 0.958. The zero-order chi connectivity index (χ0) is 25.9. The van der Waals surface area contributed by atoms with Crippen molar-refractivity contribution in [1.29, 1.82) is 0 Å². The molecule has 2 aliphatic heterocycles. The van der Waals surface area contributed by atoms with E-state index in [-0.39, 0.29) is 19.1 Å². The molecule has 2 fully saturated rings. The Morgan fingerprint density at radius 2 is 1.43 bits per heavy atom. The number of nitrogens with one attached hydrogen (secondary N) is 2. The average molecular weight is 502 g/mol. The normalized spacial score (nSPS) is 22.6. The Labute approximate surface area is 212 Å². The Morgan fingerprint density at radius 1 is 0.857 bits per heavy atom. The highest BCUT2D eigenvalue weighted by Gasteiger charge is 2.47. The second kappa shape index (κ2) is 14.7. The lowest BCUT2D eigenvalue weighted by atomic mass is 9.95. The predicted octanol–water partition coefficient (Wildman–Crippen LogP) is 1.07. The van der Waals surface area contributed by atoms with Gasteiger partial charge in [0.2, 0.25) is 5.91 Å². The fourth-order valence-corrected chi connectivity index (χ4v) is 5.02. The molecule has 0 aliphatic carbocycles. The molecule has 2 saturated heterocycles. The van der Waals surface area contributed by atoms with Gasteiger partial charge >= 0.3 is 0 Å². The van der Waals surface area contributed by atoms with Gasteiger partial charge in [0.25, 0.3) is 0 Å². The molecular formula is C24H51N7O4. The minimum Gasteiger partial charge on any atom is -0.395 e. The summed E-state index contributed by atoms with van der Waals surface area (Å²) in [5.74, 6) is 0.0554. The molecule has 0 aromatic heterocycles. The molecule has 206 valence electrons. The molecule has 0 unspecified atom stereocenters. The molecule has 2 heterocycles. The first-order valence-corrected chi connectivity index (χ1v) is 13.3. The van der Waals surface area contributed by atoms with Gasteiger partial charge in [0.1, 0.15) is 0 Å². The highest BCUT2D eigenvalue weighted by Crippen LogP contribution is 2.34. The number of unbranched alkanes of at least 4 members (excludes halogenated alkanes) is 5. The standard InChI is InChI=1S/C24H51N7O4/c1-6-7-8-9-10-11-16-35-31-23(2,3)17-22(34)30(18-24(31,4)5)29-20-27(25-12-14-32)19-28(21-29)26-13-15-33/h25-26,32-33H,6-21H2,1-5H3. The van der Waals surface area contributed by atoms with Gasteiger partial charge in [-0.2, -0.15) is 10.1 Å². The van der Waals surface area contributed by atoms with E-state index in [9.17, 15) is 15.0 Å². The van der Waals surface area contributed by atoms with Crippen LogP contribution in [0.2, 0.25) is 0 Å². The van der Waals surface area contributed by atoms with Gasteiger partial charge in [0.15, 0.2) is 0 Å². The Balaban J connectivity index is 2.08. The van der Waals surface area contributed by atoms with Crippen LogP contribution in [0.4, 0.5) is 0 Å². The number of nitrogens with zero attached hydrogens (tertiary/aromatic N) is 5. The zero-order valence-electron chi connectivity index (χ0n) is 22.8. The molecule has 0 radical (unpaired) electrons. The van der Waals surface area contributed by atoms with Gasteiger partial charge in [-0.3, -0.25) is 25.5 Å². The Morgan fingerprint density at radius 3 is 2.00 bits per heavy atom. The lowest BCUT2D eigenvalue weighted by Crippen LogP contribution is -2.67. The van der Waals surface area contributed by atoms with Crippen LogP contribution >= 0.6 is 0 Å². The number of amides is 1. The van der Waals surface area contributed by atoms with E-state index in [1.54, 1.807) is 0 Å². The van der Waals surface area contributed by atoms with Crippen molar-refractivity contribution in [2.45, 2.75) is 90.6 Å². The van der Waals surface area contributed by atoms with Gasteiger partial charge in [0, 0.05) is 19.5 Å². The van der Waals surface area contributed by atoms with Gasteiger partial charge in [-0.05, 0) is 34.1 Å². The first kappa shape index (κ1) is 30.3. The van der Waals surface area contributed by atoms with Crippen molar-refractivity contribution < 1.29 is 19.8 Å². The Hall–Kier alpha value is -0.890. The van der Waals surface area contributed by atoms with E-state index in [4.69, 9.17) is 4.84 Å². The van der Waals surface area contributed by atoms with Crippen molar-refractivity contribution in [3.05, 3.63) is 0 Å². The highest BCUT2D eigenvalue weighted by molar-refractivity contribution is 5.77. The van der Waals surface area contributed by atoms with Crippen molar-refractivity contribution in [3.8, 4) is 0 Å². The van der Waals surface area contributed by atoms with Crippen LogP contribution in [0.15, 0.2) is 0 Å². The van der Waals surface area contributed by atoms with Crippen LogP contribution < -0.4 is 10.9 Å². The number of aliphatic hydroxyl groups is 2. The summed E-state index contributed by atoms with van der Waals surface area (Å²) in [7, 11) is 0. The van der Waals surface area contributed by atoms with E-state index < -0.39 is 11.1 Å². The summed E-state index contributed by atoms with van der Waals surface area (Å²) in [6.07, 6.45) is 7.60. The summed E-state index contributed by atoms with van der Waals surface area (Å²) < 4.78 is 0. The molecule has 2 aliphatic rings. The molecule has 0 bridgehead atoms. The number of carbonyl (C=O) groups is 1. The van der Waals surface area contributed by atoms with E-state index in [2.05, 4.69) is 50.5 Å². The summed E-state index contributed by atoms with van der Waals surface area (Å²) in [5, 5.41) is 28.3. The molecule has 0 saturated carbocycles. The maximum absolute atomic E-state index is 13.5. The first-order chi connectivity index (χ1) is 16.6. The average Bonchev–Trinajstić information content (AvgIpc) is 2.87. The quantitative estimate of drug-likeness (QED) is 0.244. The van der Waals surface area contributed by atoms with Crippen molar-refractivity contribution in [2.75, 3.05) is 59.5 Å². The summed E-state index contributed by atoms with van der Waals surface area (Å²) >= 11 is 0. The van der Waals surface area contributed by atoms with Crippen molar-refractivity contribution in [3.63, 3.8) is 0 Å². The molecule has 11 heteroatoms. The third-order valence-electron chi connectivity index (χ3n) is 6.47. The van der Waals surface area contributed by atoms with Gasteiger partial charge in [-0.1, -0.05) is 39.0 Å². The second-order valence-corrected chi connectivity index (χ2v) is 10.9. The number of aliphatic hydroxyl groups excluding tert-OH is 2. The molecule has 0 atom stereocenters. The number of hydrogen-bond acceptors (Lipinski definition) is 10. The van der Waals surface area contributed by atoms with Crippen LogP contribution in [-0.4, -0.2) is 112 Å². The third-order valence-corrected chi connectivity index (χ3v) is 6.47. The molecule has 1 amide bonds. The SMILES string of the molecule is CCCCCCCCON1C(C)(C)CC(=O)N(N2CN(NCCO)CN(NCCO)C2)CC1(C)C. The van der Waals surface area contributed by atoms with Crippen LogP contribution in [0.1, 0.15) is 79.6 Å². The topological polar surface area (TPSA) is 107 Å². The van der Waals surface area contributed by atoms with E-state index in [0.717, 1.165) is 6.42 Å². The zero-order valence-corrected chi connectivity index (χ0v) is 22.8. The van der Waals surface area contributed by atoms with E-state index in [1.807, 2.05) is 20.0 Å². The third kappa shape index (κ3) is 9.49. The Kier molecular flexibility index (Phi) is 12.8. The van der Waals surface area contributed by atoms with Gasteiger partial charge in [-0.25, -0.2) is 10.0 Å². The number of carbonyl (C=O) groups excluding carboxylic acids is 1. The minimum atomic E-state index is -0.447. The molecule has 11 nitrogen and oxygen atoms in total. The van der Waals surface area contributed by atoms with Crippen LogP contribution in [0.25, 0.3) is 0 Å². The lowest BCUT2D eigenvalue weighted by molar-refractivity contribution is -0.266. The summed E-state index contributed by atoms with van der Waals surface area (Å²) in [6.45, 7) is 14.3. The molecule has 0 spiro atoms. The second-order valence-electron chi connectivity index (χ2n) is 10.9. The summed E-state index contributed by atoms with van der Waals surface area (Å²) in [5.41, 5.74) is 5.55. The molecule has 4 N–H and O–H groups in total. The van der Waals surface area contributed by atoms with Gasteiger partial charge < -0.3 is 10.2 Å². The summed E-state index contributed by atoms with van der Waals surface area (Å²) in [6, 6.07) is 0. The monoisotopic (exact) mass is 501 g/mol. The lowest BCUT2D eigenvalue weighted by Gasteiger charge is -2.48. The fourth-order valence-electron chi connectivity index (χ4n) is 5.02. The number of hydrazine groups is 3. The molecule has 0 aromatic carbocycles. The molecular weight excluding hydrogens is 450 g/mol. The van der Waals surface area contributed by atoms with E-state index in [1.165, 1.54) is 32.1 Å². The molecule has 2 rings (SSSR count). The van der Waals surface area contributed by atoms with E-state index in [0.29, 0.717) is 52.7 Å². The Bertz CT molecular complexity index is 607. The minimum absolute atomic E-state index is 0.0232. The van der Waals surface area contributed by atoms with Crippen molar-refractivity contribution >= 4 is 5.91 Å². The maximum atomic E-state index is 13.5.